The van der Waals surface area contributed by atoms with Crippen molar-refractivity contribution in [2.75, 3.05) is 5.75 Å². The Balaban J connectivity index is 2.03. The fourth-order valence-electron chi connectivity index (χ4n) is 2.51. The molecular formula is C17H21F3N2O2S. The third-order valence-electron chi connectivity index (χ3n) is 3.89. The van der Waals surface area contributed by atoms with Crippen LogP contribution in [0.25, 0.3) is 0 Å². The van der Waals surface area contributed by atoms with Gasteiger partial charge in [0.05, 0.1) is 5.75 Å². The molecule has 1 aliphatic rings. The largest absolute Gasteiger partial charge is 0.438 e. The van der Waals surface area contributed by atoms with Crippen LogP contribution in [0.4, 0.5) is 13.2 Å². The van der Waals surface area contributed by atoms with Crippen LogP contribution in [0.5, 0.6) is 0 Å². The topological polar surface area (TPSA) is 52.9 Å². The van der Waals surface area contributed by atoms with Gasteiger partial charge in [0.15, 0.2) is 0 Å². The first-order valence-corrected chi connectivity index (χ1v) is 9.23. The lowest BCUT2D eigenvalue weighted by Gasteiger charge is -2.32. The fourth-order valence-corrected chi connectivity index (χ4v) is 3.34. The summed E-state index contributed by atoms with van der Waals surface area (Å²) in [7, 11) is 0. The van der Waals surface area contributed by atoms with Crippen molar-refractivity contribution in [2.45, 2.75) is 50.3 Å². The Morgan fingerprint density at radius 2 is 2.04 bits per heavy atom. The molecule has 0 unspecified atom stereocenters. The number of alkyl halides is 3. The first-order chi connectivity index (χ1) is 11.8. The minimum atomic E-state index is -4.95. The first-order valence-electron chi connectivity index (χ1n) is 8.08. The third-order valence-corrected chi connectivity index (χ3v) is 4.88. The number of halogens is 3. The maximum atomic E-state index is 13.3. The van der Waals surface area contributed by atoms with E-state index < -0.39 is 24.2 Å². The molecule has 0 radical (unpaired) electrons. The molecule has 1 aromatic rings. The molecule has 1 amide bonds. The summed E-state index contributed by atoms with van der Waals surface area (Å²) in [6, 6.07) is 9.32. The van der Waals surface area contributed by atoms with Gasteiger partial charge in [-0.15, -0.1) is 11.8 Å². The average Bonchev–Trinajstić information content (AvgIpc) is 2.92. The quantitative estimate of drug-likeness (QED) is 0.786. The van der Waals surface area contributed by atoms with Crippen molar-refractivity contribution < 1.29 is 23.1 Å². The molecule has 0 aliphatic carbocycles. The minimum Gasteiger partial charge on any atom is -0.362 e. The molecule has 1 aliphatic heterocycles. The highest BCUT2D eigenvalue weighted by Gasteiger charge is 2.62. The molecule has 0 saturated carbocycles. The lowest BCUT2D eigenvalue weighted by Crippen LogP contribution is -2.57. The number of carbonyl (C=O) groups is 1. The number of rotatable bonds is 7. The van der Waals surface area contributed by atoms with Crippen molar-refractivity contribution in [3.05, 3.63) is 35.9 Å². The number of hydrazone groups is 1. The molecule has 0 fully saturated rings. The van der Waals surface area contributed by atoms with E-state index >= 15 is 0 Å². The minimum absolute atomic E-state index is 0.183. The van der Waals surface area contributed by atoms with Gasteiger partial charge in [-0.3, -0.25) is 4.79 Å². The van der Waals surface area contributed by atoms with Crippen LogP contribution in [-0.2, 0) is 10.5 Å². The number of benzene rings is 1. The van der Waals surface area contributed by atoms with Crippen LogP contribution in [-0.4, -0.2) is 39.4 Å². The zero-order chi connectivity index (χ0) is 18.5. The standard InChI is InChI=1S/C17H21F3N2O2S/c1-2-3-9-14-10-16(24,17(18,19)20)22(21-14)15(23)12-25-11-13-7-5-4-6-8-13/h4-8,24H,2-3,9-12H2,1H3/t16-/m1/s1. The van der Waals surface area contributed by atoms with Crippen LogP contribution in [0.1, 0.15) is 38.2 Å². The molecule has 4 nitrogen and oxygen atoms in total. The fraction of sp³-hybridized carbons (Fsp3) is 0.529. The number of carbonyl (C=O) groups excluding carboxylic acids is 1. The van der Waals surface area contributed by atoms with Crippen LogP contribution >= 0.6 is 11.8 Å². The molecule has 25 heavy (non-hydrogen) atoms. The van der Waals surface area contributed by atoms with Crippen molar-refractivity contribution in [3.63, 3.8) is 0 Å². The average molecular weight is 374 g/mol. The smallest absolute Gasteiger partial charge is 0.362 e. The van der Waals surface area contributed by atoms with Crippen molar-refractivity contribution >= 4 is 23.4 Å². The lowest BCUT2D eigenvalue weighted by molar-refractivity contribution is -0.301. The molecular weight excluding hydrogens is 353 g/mol. The van der Waals surface area contributed by atoms with Crippen molar-refractivity contribution in [3.8, 4) is 0 Å². The number of nitrogens with zero attached hydrogens (tertiary/aromatic N) is 2. The van der Waals surface area contributed by atoms with Gasteiger partial charge in [0.25, 0.3) is 11.6 Å². The van der Waals surface area contributed by atoms with Gasteiger partial charge in [-0.2, -0.15) is 23.3 Å². The van der Waals surface area contributed by atoms with Crippen LogP contribution in [0, 0.1) is 0 Å². The van der Waals surface area contributed by atoms with E-state index in [9.17, 15) is 23.1 Å². The van der Waals surface area contributed by atoms with Crippen molar-refractivity contribution in [1.29, 1.82) is 0 Å². The van der Waals surface area contributed by atoms with Gasteiger partial charge in [-0.05, 0) is 18.4 Å². The molecule has 2 rings (SSSR count). The predicted octanol–water partition coefficient (Wildman–Crippen LogP) is 3.95. The summed E-state index contributed by atoms with van der Waals surface area (Å²) < 4.78 is 39.9. The number of hydrogen-bond donors (Lipinski definition) is 1. The second-order valence-electron chi connectivity index (χ2n) is 5.94. The van der Waals surface area contributed by atoms with E-state index in [1.807, 2.05) is 37.3 Å². The number of amides is 1. The molecule has 0 bridgehead atoms. The molecule has 0 aromatic heterocycles. The summed E-state index contributed by atoms with van der Waals surface area (Å²) in [5.74, 6) is -0.526. The Morgan fingerprint density at radius 1 is 1.36 bits per heavy atom. The number of thioether (sulfide) groups is 1. The Kier molecular flexibility index (Phi) is 6.51. The molecule has 138 valence electrons. The molecule has 1 N–H and O–H groups in total. The zero-order valence-electron chi connectivity index (χ0n) is 13.9. The normalized spacial score (nSPS) is 20.7. The zero-order valence-corrected chi connectivity index (χ0v) is 14.7. The molecule has 1 aromatic carbocycles. The van der Waals surface area contributed by atoms with Gasteiger partial charge < -0.3 is 5.11 Å². The Labute approximate surface area is 149 Å². The predicted molar refractivity (Wildman–Crippen MR) is 92.0 cm³/mol. The first kappa shape index (κ1) is 19.8. The summed E-state index contributed by atoms with van der Waals surface area (Å²) in [4.78, 5) is 12.3. The van der Waals surface area contributed by atoms with Gasteiger partial charge in [-0.1, -0.05) is 43.7 Å². The molecule has 1 atom stereocenters. The Bertz CT molecular complexity index is 622. The summed E-state index contributed by atoms with van der Waals surface area (Å²) in [5.41, 5.74) is -2.05. The van der Waals surface area contributed by atoms with Gasteiger partial charge >= 0.3 is 6.18 Å². The van der Waals surface area contributed by atoms with Crippen molar-refractivity contribution in [1.82, 2.24) is 5.01 Å². The molecule has 0 spiro atoms. The van der Waals surface area contributed by atoms with E-state index in [2.05, 4.69) is 5.10 Å². The monoisotopic (exact) mass is 374 g/mol. The van der Waals surface area contributed by atoms with Gasteiger partial charge in [0, 0.05) is 17.9 Å². The molecule has 0 saturated heterocycles. The molecule has 8 heteroatoms. The second-order valence-corrected chi connectivity index (χ2v) is 6.93. The summed E-state index contributed by atoms with van der Waals surface area (Å²) in [6.45, 7) is 1.91. The SMILES string of the molecule is CCCCC1=NN(C(=O)CSCc2ccccc2)[C@](O)(C(F)(F)F)C1. The van der Waals surface area contributed by atoms with E-state index in [4.69, 9.17) is 0 Å². The maximum Gasteiger partial charge on any atom is 0.438 e. The second kappa shape index (κ2) is 8.23. The van der Waals surface area contributed by atoms with Crippen LogP contribution < -0.4 is 0 Å². The number of aliphatic hydroxyl groups is 1. The summed E-state index contributed by atoms with van der Waals surface area (Å²) in [6.07, 6.45) is -3.83. The van der Waals surface area contributed by atoms with Crippen LogP contribution in [0.3, 0.4) is 0 Å². The summed E-state index contributed by atoms with van der Waals surface area (Å²) in [5, 5.41) is 14.1. The number of hydrogen-bond acceptors (Lipinski definition) is 4. The van der Waals surface area contributed by atoms with E-state index in [1.54, 1.807) is 0 Å². The lowest BCUT2D eigenvalue weighted by atomic mass is 10.0. The highest BCUT2D eigenvalue weighted by molar-refractivity contribution is 7.99. The van der Waals surface area contributed by atoms with E-state index in [0.29, 0.717) is 18.6 Å². The maximum absolute atomic E-state index is 13.3. The molecule has 1 heterocycles. The Hall–Kier alpha value is -1.54. The highest BCUT2D eigenvalue weighted by Crippen LogP contribution is 2.41. The van der Waals surface area contributed by atoms with E-state index in [0.717, 1.165) is 12.0 Å². The van der Waals surface area contributed by atoms with Gasteiger partial charge in [0.1, 0.15) is 0 Å². The number of unbranched alkanes of at least 4 members (excludes halogenated alkanes) is 1. The van der Waals surface area contributed by atoms with Gasteiger partial charge in [-0.25, -0.2) is 0 Å². The van der Waals surface area contributed by atoms with Gasteiger partial charge in [0.2, 0.25) is 0 Å². The van der Waals surface area contributed by atoms with Crippen molar-refractivity contribution in [2.24, 2.45) is 5.10 Å². The Morgan fingerprint density at radius 3 is 2.64 bits per heavy atom. The van der Waals surface area contributed by atoms with Crippen LogP contribution in [0.15, 0.2) is 35.4 Å². The van der Waals surface area contributed by atoms with E-state index in [1.165, 1.54) is 11.8 Å². The highest BCUT2D eigenvalue weighted by atomic mass is 32.2. The van der Waals surface area contributed by atoms with Crippen LogP contribution in [0.2, 0.25) is 0 Å². The summed E-state index contributed by atoms with van der Waals surface area (Å²) >= 11 is 1.19. The van der Waals surface area contributed by atoms with E-state index in [-0.39, 0.29) is 16.5 Å². The third kappa shape index (κ3) is 4.76.